The summed E-state index contributed by atoms with van der Waals surface area (Å²) in [5, 5.41) is 5.50. The lowest BCUT2D eigenvalue weighted by atomic mass is 10.2. The van der Waals surface area contributed by atoms with Gasteiger partial charge in [0.15, 0.2) is 11.5 Å². The average molecular weight is 339 g/mol. The summed E-state index contributed by atoms with van der Waals surface area (Å²) in [4.78, 5) is 14.1. The summed E-state index contributed by atoms with van der Waals surface area (Å²) in [6.07, 6.45) is 1.24. The van der Waals surface area contributed by atoms with Crippen molar-refractivity contribution >= 4 is 22.5 Å². The maximum Gasteiger partial charge on any atom is 0.223 e. The smallest absolute Gasteiger partial charge is 0.223 e. The third-order valence-corrected chi connectivity index (χ3v) is 5.53. The van der Waals surface area contributed by atoms with E-state index in [2.05, 4.69) is 26.9 Å². The number of ether oxygens (including phenoxy) is 1. The molecule has 4 heterocycles. The number of anilines is 1. The molecular weight excluding hydrogens is 318 g/mol. The van der Waals surface area contributed by atoms with Crippen LogP contribution in [0.25, 0.3) is 16.6 Å². The van der Waals surface area contributed by atoms with Crippen molar-refractivity contribution in [1.29, 1.82) is 0 Å². The normalized spacial score (nSPS) is 23.9. The first-order valence-electron chi connectivity index (χ1n) is 8.56. The van der Waals surface area contributed by atoms with Gasteiger partial charge in [-0.3, -0.25) is 4.90 Å². The number of rotatable bonds is 3. The van der Waals surface area contributed by atoms with Crippen LogP contribution in [-0.4, -0.2) is 68.7 Å². The topological polar surface area (TPSA) is 84.8 Å². The average Bonchev–Trinajstić information content (AvgIpc) is 3.29. The van der Waals surface area contributed by atoms with Crippen molar-refractivity contribution < 1.29 is 4.74 Å². The fourth-order valence-electron chi connectivity index (χ4n) is 4.22. The van der Waals surface area contributed by atoms with Crippen LogP contribution in [0.4, 0.5) is 5.95 Å². The molecule has 2 unspecified atom stereocenters. The molecule has 3 aromatic rings. The van der Waals surface area contributed by atoms with Gasteiger partial charge >= 0.3 is 0 Å². The molecular formula is C17H21N7O. The van der Waals surface area contributed by atoms with Gasteiger partial charge in [-0.2, -0.15) is 4.52 Å². The fraction of sp³-hybridized carbons (Fsp3) is 0.471. The van der Waals surface area contributed by atoms with Crippen LogP contribution in [-0.2, 0) is 6.54 Å². The highest BCUT2D eigenvalue weighted by molar-refractivity contribution is 5.95. The lowest BCUT2D eigenvalue weighted by Gasteiger charge is -2.30. The van der Waals surface area contributed by atoms with Gasteiger partial charge in [0, 0.05) is 30.6 Å². The first kappa shape index (κ1) is 14.9. The second kappa shape index (κ2) is 5.27. The van der Waals surface area contributed by atoms with Crippen LogP contribution in [0, 0.1) is 0 Å². The molecule has 2 N–H and O–H groups in total. The third-order valence-electron chi connectivity index (χ3n) is 5.53. The number of nitrogens with two attached hydrogens (primary N) is 1. The molecule has 0 amide bonds. The molecule has 0 aliphatic carbocycles. The van der Waals surface area contributed by atoms with E-state index >= 15 is 0 Å². The van der Waals surface area contributed by atoms with E-state index in [1.54, 1.807) is 11.6 Å². The molecule has 2 aliphatic rings. The summed E-state index contributed by atoms with van der Waals surface area (Å²) < 4.78 is 7.04. The number of likely N-dealkylation sites (N-methyl/N-ethyl adjacent to an activating group) is 1. The molecule has 5 rings (SSSR count). The first-order chi connectivity index (χ1) is 12.1. The molecule has 0 radical (unpaired) electrons. The largest absolute Gasteiger partial charge is 0.494 e. The Bertz CT molecular complexity index is 966. The van der Waals surface area contributed by atoms with E-state index in [1.165, 1.54) is 6.42 Å². The monoisotopic (exact) mass is 339 g/mol. The van der Waals surface area contributed by atoms with Gasteiger partial charge < -0.3 is 15.4 Å². The molecule has 2 atom stereocenters. The molecule has 8 nitrogen and oxygen atoms in total. The van der Waals surface area contributed by atoms with Crippen LogP contribution in [0.15, 0.2) is 18.2 Å². The van der Waals surface area contributed by atoms with E-state index in [0.717, 1.165) is 42.0 Å². The molecule has 1 aromatic carbocycles. The summed E-state index contributed by atoms with van der Waals surface area (Å²) in [6, 6.07) is 7.06. The maximum absolute atomic E-state index is 6.12. The Labute approximate surface area is 145 Å². The number of para-hydroxylation sites is 1. The summed E-state index contributed by atoms with van der Waals surface area (Å²) in [7, 11) is 3.84. The number of hydrogen-bond acceptors (Lipinski definition) is 7. The zero-order valence-electron chi connectivity index (χ0n) is 14.4. The van der Waals surface area contributed by atoms with Crippen LogP contribution < -0.4 is 10.5 Å². The van der Waals surface area contributed by atoms with Crippen LogP contribution >= 0.6 is 0 Å². The standard InChI is InChI=1S/C17H21N7O/c1-22-7-11-6-10(22)8-23(11)9-14-19-16-12-4-3-5-13(25-2)15(12)20-17(18)24(16)21-14/h3-5,10-11H,6-9H2,1-2H3,(H2,18,20). The fourth-order valence-corrected chi connectivity index (χ4v) is 4.22. The highest BCUT2D eigenvalue weighted by Gasteiger charge is 2.41. The maximum atomic E-state index is 6.12. The number of likely N-dealkylation sites (tertiary alicyclic amines) is 2. The summed E-state index contributed by atoms with van der Waals surface area (Å²) in [5.41, 5.74) is 7.57. The van der Waals surface area contributed by atoms with Gasteiger partial charge in [-0.1, -0.05) is 6.07 Å². The van der Waals surface area contributed by atoms with E-state index in [4.69, 9.17) is 15.5 Å². The van der Waals surface area contributed by atoms with Crippen molar-refractivity contribution in [3.63, 3.8) is 0 Å². The van der Waals surface area contributed by atoms with Crippen molar-refractivity contribution in [2.75, 3.05) is 33.0 Å². The van der Waals surface area contributed by atoms with E-state index in [9.17, 15) is 0 Å². The Hall–Kier alpha value is -2.45. The second-order valence-electron chi connectivity index (χ2n) is 7.00. The van der Waals surface area contributed by atoms with Crippen molar-refractivity contribution in [2.24, 2.45) is 0 Å². The minimum Gasteiger partial charge on any atom is -0.494 e. The molecule has 8 heteroatoms. The molecule has 2 aromatic heterocycles. The Morgan fingerprint density at radius 1 is 1.24 bits per heavy atom. The zero-order valence-corrected chi connectivity index (χ0v) is 14.4. The predicted octanol–water partition coefficient (Wildman–Crippen LogP) is 0.757. The highest BCUT2D eigenvalue weighted by atomic mass is 16.5. The van der Waals surface area contributed by atoms with Gasteiger partial charge in [-0.25, -0.2) is 9.97 Å². The molecule has 2 fully saturated rings. The number of nitrogens with zero attached hydrogens (tertiary/aromatic N) is 6. The number of hydrogen-bond donors (Lipinski definition) is 1. The van der Waals surface area contributed by atoms with Gasteiger partial charge in [0.05, 0.1) is 13.7 Å². The highest BCUT2D eigenvalue weighted by Crippen LogP contribution is 2.31. The summed E-state index contributed by atoms with van der Waals surface area (Å²) >= 11 is 0. The van der Waals surface area contributed by atoms with E-state index in [-0.39, 0.29) is 0 Å². The van der Waals surface area contributed by atoms with Crippen molar-refractivity contribution in [2.45, 2.75) is 25.0 Å². The number of fused-ring (bicyclic) bond motifs is 5. The number of methoxy groups -OCH3 is 1. The van der Waals surface area contributed by atoms with Crippen LogP contribution in [0.1, 0.15) is 12.2 Å². The first-order valence-corrected chi connectivity index (χ1v) is 8.56. The van der Waals surface area contributed by atoms with Crippen molar-refractivity contribution in [3.05, 3.63) is 24.0 Å². The number of benzene rings is 1. The quantitative estimate of drug-likeness (QED) is 0.754. The van der Waals surface area contributed by atoms with E-state index in [0.29, 0.717) is 23.8 Å². The number of piperazine rings is 1. The molecule has 2 bridgehead atoms. The Balaban J connectivity index is 1.55. The molecule has 2 saturated heterocycles. The summed E-state index contributed by atoms with van der Waals surface area (Å²) in [5.74, 6) is 1.81. The SMILES string of the molecule is COc1cccc2c1nc(N)n1nc(CN3CC4CC3CN4C)nc21. The molecule has 130 valence electrons. The van der Waals surface area contributed by atoms with Crippen LogP contribution in [0.5, 0.6) is 5.75 Å². The number of aromatic nitrogens is 4. The minimum absolute atomic E-state index is 0.327. The molecule has 0 saturated carbocycles. The van der Waals surface area contributed by atoms with Crippen molar-refractivity contribution in [1.82, 2.24) is 29.4 Å². The third kappa shape index (κ3) is 2.17. The zero-order chi connectivity index (χ0) is 17.1. The van der Waals surface area contributed by atoms with Gasteiger partial charge in [0.1, 0.15) is 11.3 Å². The van der Waals surface area contributed by atoms with Crippen molar-refractivity contribution in [3.8, 4) is 5.75 Å². The van der Waals surface area contributed by atoms with Gasteiger partial charge in [-0.05, 0) is 25.6 Å². The Kier molecular flexibility index (Phi) is 3.13. The Morgan fingerprint density at radius 2 is 2.12 bits per heavy atom. The van der Waals surface area contributed by atoms with E-state index < -0.39 is 0 Å². The van der Waals surface area contributed by atoms with Gasteiger partial charge in [0.2, 0.25) is 5.95 Å². The van der Waals surface area contributed by atoms with Gasteiger partial charge in [-0.15, -0.1) is 5.10 Å². The molecule has 25 heavy (non-hydrogen) atoms. The second-order valence-corrected chi connectivity index (χ2v) is 7.00. The van der Waals surface area contributed by atoms with Gasteiger partial charge in [0.25, 0.3) is 0 Å². The number of nitrogen functional groups attached to an aromatic ring is 1. The van der Waals surface area contributed by atoms with Crippen LogP contribution in [0.3, 0.4) is 0 Å². The lowest BCUT2D eigenvalue weighted by molar-refractivity contribution is 0.141. The van der Waals surface area contributed by atoms with E-state index in [1.807, 2.05) is 18.2 Å². The summed E-state index contributed by atoms with van der Waals surface area (Å²) in [6.45, 7) is 2.96. The lowest BCUT2D eigenvalue weighted by Crippen LogP contribution is -2.44. The minimum atomic E-state index is 0.327. The van der Waals surface area contributed by atoms with Crippen LogP contribution in [0.2, 0.25) is 0 Å². The predicted molar refractivity (Wildman–Crippen MR) is 94.5 cm³/mol. The Morgan fingerprint density at radius 3 is 2.84 bits per heavy atom. The molecule has 2 aliphatic heterocycles. The molecule has 0 spiro atoms.